The topological polar surface area (TPSA) is 72.5 Å². The molecule has 1 aliphatic heterocycles. The average Bonchev–Trinajstić information content (AvgIpc) is 3.01. The van der Waals surface area contributed by atoms with Crippen LogP contribution in [0, 0.1) is 11.3 Å². The molecule has 140 valence electrons. The van der Waals surface area contributed by atoms with E-state index in [2.05, 4.69) is 26.1 Å². The van der Waals surface area contributed by atoms with Crippen LogP contribution in [-0.4, -0.2) is 38.8 Å². The first-order chi connectivity index (χ1) is 11.5. The first-order valence-electron chi connectivity index (χ1n) is 8.77. The molecule has 1 amide bonds. The molecule has 25 heavy (non-hydrogen) atoms. The summed E-state index contributed by atoms with van der Waals surface area (Å²) in [6.45, 7) is 11.0. The summed E-state index contributed by atoms with van der Waals surface area (Å²) >= 11 is 0. The molecule has 1 aromatic rings. The van der Waals surface area contributed by atoms with Gasteiger partial charge in [0.05, 0.1) is 16.2 Å². The zero-order chi connectivity index (χ0) is 18.8. The zero-order valence-corrected chi connectivity index (χ0v) is 16.5. The van der Waals surface area contributed by atoms with Gasteiger partial charge in [-0.3, -0.25) is 4.79 Å². The second-order valence-electron chi connectivity index (χ2n) is 8.03. The van der Waals surface area contributed by atoms with Gasteiger partial charge in [-0.15, -0.1) is 0 Å². The largest absolute Gasteiger partial charge is 0.377 e. The normalized spacial score (nSPS) is 21.5. The molecule has 5 nitrogen and oxygen atoms in total. The number of nitrogens with one attached hydrogen (secondary N) is 1. The number of rotatable bonds is 5. The van der Waals surface area contributed by atoms with Crippen LogP contribution in [0.1, 0.15) is 51.4 Å². The summed E-state index contributed by atoms with van der Waals surface area (Å²) in [7, 11) is -3.32. The SMILES string of the molecule is CC(C)S(=O)(=O)c1ccc(C(=O)NC[C@H]2CCO[C@@H]2C(C)(C)C)cc1. The lowest BCUT2D eigenvalue weighted by Gasteiger charge is -2.31. The van der Waals surface area contributed by atoms with Gasteiger partial charge < -0.3 is 10.1 Å². The summed E-state index contributed by atoms with van der Waals surface area (Å²) in [6, 6.07) is 6.13. The van der Waals surface area contributed by atoms with Crippen LogP contribution >= 0.6 is 0 Å². The van der Waals surface area contributed by atoms with Gasteiger partial charge >= 0.3 is 0 Å². The molecule has 1 saturated heterocycles. The Morgan fingerprint density at radius 1 is 1.24 bits per heavy atom. The number of sulfone groups is 1. The quantitative estimate of drug-likeness (QED) is 0.868. The molecule has 1 aliphatic rings. The second kappa shape index (κ2) is 7.46. The molecule has 0 radical (unpaired) electrons. The lowest BCUT2D eigenvalue weighted by Crippen LogP contribution is -2.38. The highest BCUT2D eigenvalue weighted by Gasteiger charge is 2.37. The van der Waals surface area contributed by atoms with E-state index in [9.17, 15) is 13.2 Å². The van der Waals surface area contributed by atoms with Crippen LogP contribution < -0.4 is 5.32 Å². The van der Waals surface area contributed by atoms with Gasteiger partial charge in [-0.25, -0.2) is 8.42 Å². The predicted octanol–water partition coefficient (Wildman–Crippen LogP) is 3.05. The highest BCUT2D eigenvalue weighted by atomic mass is 32.2. The number of amides is 1. The van der Waals surface area contributed by atoms with Crippen molar-refractivity contribution in [1.82, 2.24) is 5.32 Å². The summed E-state index contributed by atoms with van der Waals surface area (Å²) in [5, 5.41) is 2.47. The van der Waals surface area contributed by atoms with E-state index in [0.717, 1.165) is 13.0 Å². The van der Waals surface area contributed by atoms with Gasteiger partial charge in [0.25, 0.3) is 5.91 Å². The fourth-order valence-electron chi connectivity index (χ4n) is 3.19. The van der Waals surface area contributed by atoms with E-state index in [1.54, 1.807) is 26.0 Å². The van der Waals surface area contributed by atoms with Crippen molar-refractivity contribution in [1.29, 1.82) is 0 Å². The maximum absolute atomic E-state index is 12.4. The van der Waals surface area contributed by atoms with E-state index in [-0.39, 0.29) is 22.3 Å². The molecule has 1 aromatic carbocycles. The van der Waals surface area contributed by atoms with E-state index in [1.807, 2.05) is 0 Å². The maximum atomic E-state index is 12.4. The first kappa shape index (κ1) is 19.9. The summed E-state index contributed by atoms with van der Waals surface area (Å²) in [5.74, 6) is 0.109. The molecule has 2 atom stereocenters. The van der Waals surface area contributed by atoms with Crippen LogP contribution in [0.15, 0.2) is 29.2 Å². The van der Waals surface area contributed by atoms with Gasteiger partial charge in [0.2, 0.25) is 0 Å². The zero-order valence-electron chi connectivity index (χ0n) is 15.7. The smallest absolute Gasteiger partial charge is 0.251 e. The Bertz CT molecular complexity index is 702. The van der Waals surface area contributed by atoms with Crippen molar-refractivity contribution in [3.63, 3.8) is 0 Å². The molecule has 6 heteroatoms. The third-order valence-electron chi connectivity index (χ3n) is 4.66. The number of hydrogen-bond acceptors (Lipinski definition) is 4. The number of carbonyl (C=O) groups excluding carboxylic acids is 1. The molecule has 2 rings (SSSR count). The molecule has 0 aliphatic carbocycles. The third kappa shape index (κ3) is 4.61. The van der Waals surface area contributed by atoms with E-state index in [0.29, 0.717) is 18.0 Å². The summed E-state index contributed by atoms with van der Waals surface area (Å²) in [4.78, 5) is 12.6. The van der Waals surface area contributed by atoms with Crippen LogP contribution in [0.2, 0.25) is 0 Å². The molecule has 0 saturated carbocycles. The fourth-order valence-corrected chi connectivity index (χ4v) is 4.25. The van der Waals surface area contributed by atoms with Gasteiger partial charge in [-0.05, 0) is 49.9 Å². The Kier molecular flexibility index (Phi) is 5.94. The van der Waals surface area contributed by atoms with Crippen LogP contribution in [0.4, 0.5) is 0 Å². The molecule has 1 heterocycles. The molecule has 0 unspecified atom stereocenters. The van der Waals surface area contributed by atoms with Gasteiger partial charge in [-0.1, -0.05) is 20.8 Å². The summed E-state index contributed by atoms with van der Waals surface area (Å²) in [5.41, 5.74) is 0.507. The van der Waals surface area contributed by atoms with Crippen molar-refractivity contribution in [3.8, 4) is 0 Å². The van der Waals surface area contributed by atoms with E-state index >= 15 is 0 Å². The minimum Gasteiger partial charge on any atom is -0.377 e. The summed E-state index contributed by atoms with van der Waals surface area (Å²) in [6.07, 6.45) is 1.07. The standard InChI is InChI=1S/C19H29NO4S/c1-13(2)25(22,23)16-8-6-14(7-9-16)18(21)20-12-15-10-11-24-17(15)19(3,4)5/h6-9,13,15,17H,10-12H2,1-5H3,(H,20,21)/t15-,17+/m1/s1. The van der Waals surface area contributed by atoms with Gasteiger partial charge in [0, 0.05) is 24.6 Å². The van der Waals surface area contributed by atoms with Gasteiger partial charge in [0.1, 0.15) is 0 Å². The van der Waals surface area contributed by atoms with Crippen LogP contribution in [0.25, 0.3) is 0 Å². The monoisotopic (exact) mass is 367 g/mol. The Morgan fingerprint density at radius 2 is 1.84 bits per heavy atom. The number of carbonyl (C=O) groups is 1. The molecule has 1 fully saturated rings. The Labute approximate surface area is 151 Å². The Balaban J connectivity index is 2.00. The maximum Gasteiger partial charge on any atom is 0.251 e. The van der Waals surface area contributed by atoms with Crippen molar-refractivity contribution in [2.24, 2.45) is 11.3 Å². The lowest BCUT2D eigenvalue weighted by atomic mass is 9.81. The third-order valence-corrected chi connectivity index (χ3v) is 6.83. The van der Waals surface area contributed by atoms with Crippen LogP contribution in [0.5, 0.6) is 0 Å². The lowest BCUT2D eigenvalue weighted by molar-refractivity contribution is 0.00737. The minimum absolute atomic E-state index is 0.0404. The van der Waals surface area contributed by atoms with Crippen LogP contribution in [-0.2, 0) is 14.6 Å². The highest BCUT2D eigenvalue weighted by molar-refractivity contribution is 7.92. The van der Waals surface area contributed by atoms with E-state index in [1.165, 1.54) is 12.1 Å². The van der Waals surface area contributed by atoms with Crippen molar-refractivity contribution in [3.05, 3.63) is 29.8 Å². The predicted molar refractivity (Wildman–Crippen MR) is 98.4 cm³/mol. The number of benzene rings is 1. The van der Waals surface area contributed by atoms with Crippen molar-refractivity contribution in [2.45, 2.75) is 57.3 Å². The van der Waals surface area contributed by atoms with Crippen molar-refractivity contribution >= 4 is 15.7 Å². The van der Waals surface area contributed by atoms with E-state index < -0.39 is 15.1 Å². The summed E-state index contributed by atoms with van der Waals surface area (Å²) < 4.78 is 30.1. The molecular formula is C19H29NO4S. The number of hydrogen-bond donors (Lipinski definition) is 1. The van der Waals surface area contributed by atoms with E-state index in [4.69, 9.17) is 4.74 Å². The fraction of sp³-hybridized carbons (Fsp3) is 0.632. The first-order valence-corrected chi connectivity index (χ1v) is 10.3. The Hall–Kier alpha value is -1.40. The van der Waals surface area contributed by atoms with Gasteiger partial charge in [-0.2, -0.15) is 0 Å². The number of ether oxygens (including phenoxy) is 1. The molecule has 0 aromatic heterocycles. The molecule has 0 spiro atoms. The second-order valence-corrected chi connectivity index (χ2v) is 10.5. The highest BCUT2D eigenvalue weighted by Crippen LogP contribution is 2.34. The van der Waals surface area contributed by atoms with Gasteiger partial charge in [0.15, 0.2) is 9.84 Å². The Morgan fingerprint density at radius 3 is 2.36 bits per heavy atom. The van der Waals surface area contributed by atoms with Crippen molar-refractivity contribution in [2.75, 3.05) is 13.2 Å². The molecular weight excluding hydrogens is 338 g/mol. The average molecular weight is 368 g/mol. The van der Waals surface area contributed by atoms with Crippen molar-refractivity contribution < 1.29 is 17.9 Å². The molecule has 0 bridgehead atoms. The molecule has 1 N–H and O–H groups in total. The van der Waals surface area contributed by atoms with Crippen LogP contribution in [0.3, 0.4) is 0 Å². The minimum atomic E-state index is -3.32.